The fourth-order valence-electron chi connectivity index (χ4n) is 3.18. The van der Waals surface area contributed by atoms with E-state index in [1.807, 2.05) is 19.1 Å². The van der Waals surface area contributed by atoms with Gasteiger partial charge in [0.25, 0.3) is 11.8 Å². The van der Waals surface area contributed by atoms with Crippen LogP contribution in [-0.2, 0) is 20.8 Å². The molecule has 164 valence electrons. The maximum Gasteiger partial charge on any atom is 0.338 e. The zero-order chi connectivity index (χ0) is 22.1. The number of carbonyl (C=O) groups excluding carboxylic acids is 3. The molecule has 1 aliphatic rings. The number of benzene rings is 2. The summed E-state index contributed by atoms with van der Waals surface area (Å²) in [6, 6.07) is 13.7. The predicted octanol–water partition coefficient (Wildman–Crippen LogP) is 2.06. The number of esters is 1. The van der Waals surface area contributed by atoms with Crippen LogP contribution in [0.25, 0.3) is 0 Å². The van der Waals surface area contributed by atoms with Crippen LogP contribution in [0, 0.1) is 0 Å². The highest BCUT2D eigenvalue weighted by molar-refractivity contribution is 5.98. The van der Waals surface area contributed by atoms with Crippen molar-refractivity contribution in [2.45, 2.75) is 13.5 Å². The minimum absolute atomic E-state index is 0.220. The highest BCUT2D eigenvalue weighted by Crippen LogP contribution is 2.12. The van der Waals surface area contributed by atoms with Gasteiger partial charge in [-0.15, -0.1) is 0 Å². The molecule has 2 aromatic carbocycles. The molecule has 1 fully saturated rings. The van der Waals surface area contributed by atoms with Gasteiger partial charge >= 0.3 is 5.97 Å². The predicted molar refractivity (Wildman–Crippen MR) is 116 cm³/mol. The van der Waals surface area contributed by atoms with E-state index in [1.165, 1.54) is 0 Å². The molecule has 2 aromatic rings. The fourth-order valence-corrected chi connectivity index (χ4v) is 3.18. The lowest BCUT2D eigenvalue weighted by atomic mass is 10.1. The fraction of sp³-hybridized carbons (Fsp3) is 0.348. The van der Waals surface area contributed by atoms with Crippen LogP contribution in [0.2, 0.25) is 0 Å². The first-order valence-corrected chi connectivity index (χ1v) is 10.3. The second-order valence-electron chi connectivity index (χ2n) is 7.15. The summed E-state index contributed by atoms with van der Waals surface area (Å²) in [4.78, 5) is 38.5. The summed E-state index contributed by atoms with van der Waals surface area (Å²) in [7, 11) is 0. The molecule has 0 atom stereocenters. The molecule has 2 N–H and O–H groups in total. The number of hydrogen-bond donors (Lipinski definition) is 2. The van der Waals surface area contributed by atoms with Gasteiger partial charge in [0.2, 0.25) is 0 Å². The minimum Gasteiger partial charge on any atom is -0.452 e. The van der Waals surface area contributed by atoms with E-state index in [9.17, 15) is 14.4 Å². The van der Waals surface area contributed by atoms with Crippen LogP contribution >= 0.6 is 0 Å². The zero-order valence-corrected chi connectivity index (χ0v) is 17.6. The lowest BCUT2D eigenvalue weighted by Gasteiger charge is -2.26. The van der Waals surface area contributed by atoms with Crippen molar-refractivity contribution in [2.24, 2.45) is 0 Å². The summed E-state index contributed by atoms with van der Waals surface area (Å²) >= 11 is 0. The molecule has 2 amide bonds. The van der Waals surface area contributed by atoms with Gasteiger partial charge < -0.3 is 20.1 Å². The minimum atomic E-state index is -0.566. The Morgan fingerprint density at radius 2 is 1.77 bits per heavy atom. The van der Waals surface area contributed by atoms with Gasteiger partial charge in [-0.3, -0.25) is 14.5 Å². The number of ether oxygens (including phenoxy) is 2. The summed E-state index contributed by atoms with van der Waals surface area (Å²) in [6.07, 6.45) is 0. The number of nitrogens with zero attached hydrogens (tertiary/aromatic N) is 1. The summed E-state index contributed by atoms with van der Waals surface area (Å²) < 4.78 is 10.5. The molecular formula is C23H27N3O5. The first kappa shape index (κ1) is 22.5. The van der Waals surface area contributed by atoms with Crippen molar-refractivity contribution in [3.8, 4) is 0 Å². The van der Waals surface area contributed by atoms with E-state index in [0.717, 1.165) is 38.4 Å². The molecule has 31 heavy (non-hydrogen) atoms. The number of amides is 2. The van der Waals surface area contributed by atoms with Crippen molar-refractivity contribution in [3.63, 3.8) is 0 Å². The maximum absolute atomic E-state index is 12.2. The van der Waals surface area contributed by atoms with Crippen molar-refractivity contribution in [3.05, 3.63) is 65.2 Å². The summed E-state index contributed by atoms with van der Waals surface area (Å²) in [5, 5.41) is 5.33. The molecule has 3 rings (SSSR count). The zero-order valence-electron chi connectivity index (χ0n) is 17.6. The highest BCUT2D eigenvalue weighted by Gasteiger charge is 2.13. The van der Waals surface area contributed by atoms with Crippen molar-refractivity contribution < 1.29 is 23.9 Å². The quantitative estimate of drug-likeness (QED) is 0.629. The van der Waals surface area contributed by atoms with E-state index in [2.05, 4.69) is 15.5 Å². The van der Waals surface area contributed by atoms with Gasteiger partial charge in [0.1, 0.15) is 0 Å². The van der Waals surface area contributed by atoms with Crippen LogP contribution < -0.4 is 10.6 Å². The number of hydrogen-bond acceptors (Lipinski definition) is 6. The number of morpholine rings is 1. The van der Waals surface area contributed by atoms with Crippen LogP contribution in [0.3, 0.4) is 0 Å². The second-order valence-corrected chi connectivity index (χ2v) is 7.15. The van der Waals surface area contributed by atoms with Gasteiger partial charge in [-0.25, -0.2) is 4.79 Å². The largest absolute Gasteiger partial charge is 0.452 e. The second kappa shape index (κ2) is 11.2. The molecule has 0 saturated carbocycles. The molecule has 0 aromatic heterocycles. The molecule has 1 saturated heterocycles. The van der Waals surface area contributed by atoms with E-state index in [1.54, 1.807) is 36.4 Å². The lowest BCUT2D eigenvalue weighted by Crippen LogP contribution is -2.35. The molecule has 0 aliphatic carbocycles. The van der Waals surface area contributed by atoms with Crippen molar-refractivity contribution in [2.75, 3.05) is 44.8 Å². The monoisotopic (exact) mass is 425 g/mol. The van der Waals surface area contributed by atoms with E-state index in [0.29, 0.717) is 23.4 Å². The summed E-state index contributed by atoms with van der Waals surface area (Å²) in [5.41, 5.74) is 2.38. The smallest absolute Gasteiger partial charge is 0.338 e. The van der Waals surface area contributed by atoms with Crippen molar-refractivity contribution in [1.82, 2.24) is 10.2 Å². The SMILES string of the molecule is CCNC(=O)c1cccc(NC(=O)COC(=O)c2ccc(CN3CCOCC3)cc2)c1. The molecule has 0 unspecified atom stereocenters. The normalized spacial score (nSPS) is 14.0. The molecule has 8 heteroatoms. The van der Waals surface area contributed by atoms with Gasteiger partial charge in [0, 0.05) is 37.4 Å². The van der Waals surface area contributed by atoms with Gasteiger partial charge in [-0.1, -0.05) is 18.2 Å². The number of carbonyl (C=O) groups is 3. The van der Waals surface area contributed by atoms with Crippen molar-refractivity contribution >= 4 is 23.5 Å². The summed E-state index contributed by atoms with van der Waals surface area (Å²) in [6.45, 7) is 5.99. The molecule has 0 spiro atoms. The van der Waals surface area contributed by atoms with Crippen LogP contribution in [0.4, 0.5) is 5.69 Å². The molecule has 0 bridgehead atoms. The standard InChI is InChI=1S/C23H27N3O5/c1-2-24-22(28)19-4-3-5-20(14-19)25-21(27)16-31-23(29)18-8-6-17(7-9-18)15-26-10-12-30-13-11-26/h3-9,14H,2,10-13,15-16H2,1H3,(H,24,28)(H,25,27). The van der Waals surface area contributed by atoms with Gasteiger partial charge in [-0.2, -0.15) is 0 Å². The lowest BCUT2D eigenvalue weighted by molar-refractivity contribution is -0.119. The first-order chi connectivity index (χ1) is 15.0. The molecule has 8 nitrogen and oxygen atoms in total. The van der Waals surface area contributed by atoms with Crippen LogP contribution in [-0.4, -0.2) is 62.1 Å². The van der Waals surface area contributed by atoms with Gasteiger partial charge in [0.05, 0.1) is 18.8 Å². The van der Waals surface area contributed by atoms with E-state index >= 15 is 0 Å². The Morgan fingerprint density at radius 3 is 2.48 bits per heavy atom. The maximum atomic E-state index is 12.2. The Hall–Kier alpha value is -3.23. The Kier molecular flexibility index (Phi) is 8.14. The Morgan fingerprint density at radius 1 is 1.03 bits per heavy atom. The molecule has 1 aliphatic heterocycles. The van der Waals surface area contributed by atoms with Crippen LogP contribution in [0.15, 0.2) is 48.5 Å². The van der Waals surface area contributed by atoms with E-state index < -0.39 is 18.5 Å². The van der Waals surface area contributed by atoms with Crippen molar-refractivity contribution in [1.29, 1.82) is 0 Å². The molecular weight excluding hydrogens is 398 g/mol. The average molecular weight is 425 g/mol. The topological polar surface area (TPSA) is 97.0 Å². The average Bonchev–Trinajstić information content (AvgIpc) is 2.79. The number of nitrogens with one attached hydrogen (secondary N) is 2. The molecule has 0 radical (unpaired) electrons. The van der Waals surface area contributed by atoms with Crippen LogP contribution in [0.1, 0.15) is 33.2 Å². The van der Waals surface area contributed by atoms with Crippen LogP contribution in [0.5, 0.6) is 0 Å². The number of anilines is 1. The van der Waals surface area contributed by atoms with Gasteiger partial charge in [-0.05, 0) is 42.8 Å². The van der Waals surface area contributed by atoms with Gasteiger partial charge in [0.15, 0.2) is 6.61 Å². The summed E-state index contributed by atoms with van der Waals surface area (Å²) in [5.74, 6) is -1.27. The number of rotatable bonds is 8. The van der Waals surface area contributed by atoms with E-state index in [4.69, 9.17) is 9.47 Å². The Balaban J connectivity index is 1.47. The third kappa shape index (κ3) is 6.91. The Labute approximate surface area is 181 Å². The Bertz CT molecular complexity index is 908. The highest BCUT2D eigenvalue weighted by atomic mass is 16.5. The van der Waals surface area contributed by atoms with E-state index in [-0.39, 0.29) is 5.91 Å². The third-order valence-electron chi connectivity index (χ3n) is 4.78. The first-order valence-electron chi connectivity index (χ1n) is 10.3. The molecule has 1 heterocycles. The third-order valence-corrected chi connectivity index (χ3v) is 4.78.